The summed E-state index contributed by atoms with van der Waals surface area (Å²) in [7, 11) is 0. The molecule has 0 unspecified atom stereocenters. The maximum Gasteiger partial charge on any atom is 0.253 e. The lowest BCUT2D eigenvalue weighted by atomic mass is 9.71. The molecule has 2 fully saturated rings. The Morgan fingerprint density at radius 1 is 1.11 bits per heavy atom. The van der Waals surface area contributed by atoms with Crippen molar-refractivity contribution >= 4 is 23.0 Å². The lowest BCUT2D eigenvalue weighted by molar-refractivity contribution is -0.0335. The van der Waals surface area contributed by atoms with E-state index in [9.17, 15) is 4.79 Å². The van der Waals surface area contributed by atoms with Crippen molar-refractivity contribution in [2.45, 2.75) is 45.8 Å². The number of imidazole rings is 1. The van der Waals surface area contributed by atoms with E-state index in [1.807, 2.05) is 40.8 Å². The average molecular weight is 529 g/mol. The molecule has 2 saturated heterocycles. The lowest BCUT2D eigenvalue weighted by Gasteiger charge is -2.54. The number of nitrogens with one attached hydrogen (secondary N) is 1. The van der Waals surface area contributed by atoms with Crippen molar-refractivity contribution in [1.29, 1.82) is 0 Å². The molecule has 1 aromatic carbocycles. The summed E-state index contributed by atoms with van der Waals surface area (Å²) in [6, 6.07) is 10.4. The number of benzene rings is 1. The summed E-state index contributed by atoms with van der Waals surface area (Å²) in [6.45, 7) is 9.64. The van der Waals surface area contributed by atoms with Crippen molar-refractivity contribution < 1.29 is 4.79 Å². The van der Waals surface area contributed by atoms with Gasteiger partial charge in [-0.05, 0) is 67.6 Å². The number of allylic oxidation sites excluding steroid dienone is 1. The number of aromatic nitrogens is 2. The molecule has 5 heterocycles. The normalized spacial score (nSPS) is 18.8. The molecule has 3 aliphatic rings. The molecule has 6 rings (SSSR count). The van der Waals surface area contributed by atoms with Crippen molar-refractivity contribution in [3.8, 4) is 0 Å². The SMILES string of the molecule is Cc1ccsc1CN1CCC2(CC1)CN(C(=O)c1ccc(CN(CC3=NC=CC3)Cc3ncc[nH]3)cc1)C2. The molecule has 1 amide bonds. The van der Waals surface area contributed by atoms with Gasteiger partial charge in [-0.3, -0.25) is 19.6 Å². The molecule has 0 saturated carbocycles. The molecule has 3 aliphatic heterocycles. The van der Waals surface area contributed by atoms with E-state index in [0.29, 0.717) is 5.41 Å². The number of aliphatic imine (C=N–C) groups is 1. The first-order valence-corrected chi connectivity index (χ1v) is 14.5. The Balaban J connectivity index is 1.01. The van der Waals surface area contributed by atoms with Crippen LogP contribution in [0.4, 0.5) is 0 Å². The van der Waals surface area contributed by atoms with Gasteiger partial charge in [-0.1, -0.05) is 18.2 Å². The number of hydrogen-bond donors (Lipinski definition) is 1. The summed E-state index contributed by atoms with van der Waals surface area (Å²) in [5, 5.41) is 2.19. The van der Waals surface area contributed by atoms with Gasteiger partial charge in [0.2, 0.25) is 0 Å². The van der Waals surface area contributed by atoms with E-state index in [0.717, 1.165) is 70.2 Å². The number of rotatable bonds is 9. The number of hydrogen-bond acceptors (Lipinski definition) is 6. The number of thiophene rings is 1. The third kappa shape index (κ3) is 5.67. The van der Waals surface area contributed by atoms with Crippen LogP contribution >= 0.6 is 11.3 Å². The molecule has 1 N–H and O–H groups in total. The molecule has 0 bridgehead atoms. The van der Waals surface area contributed by atoms with Gasteiger partial charge in [0.25, 0.3) is 5.91 Å². The van der Waals surface area contributed by atoms with Crippen LogP contribution in [0.5, 0.6) is 0 Å². The Morgan fingerprint density at radius 2 is 1.92 bits per heavy atom. The summed E-state index contributed by atoms with van der Waals surface area (Å²) >= 11 is 1.87. The van der Waals surface area contributed by atoms with Gasteiger partial charge >= 0.3 is 0 Å². The van der Waals surface area contributed by atoms with Crippen LogP contribution in [0.1, 0.15) is 51.4 Å². The van der Waals surface area contributed by atoms with Crippen molar-refractivity contribution in [1.82, 2.24) is 24.7 Å². The zero-order chi connectivity index (χ0) is 26.0. The number of piperidine rings is 1. The van der Waals surface area contributed by atoms with Crippen LogP contribution < -0.4 is 0 Å². The van der Waals surface area contributed by atoms with E-state index in [1.165, 1.54) is 34.6 Å². The van der Waals surface area contributed by atoms with Crippen molar-refractivity contribution in [3.05, 3.63) is 87.8 Å². The Labute approximate surface area is 228 Å². The van der Waals surface area contributed by atoms with Crippen molar-refractivity contribution in [2.24, 2.45) is 10.4 Å². The molecular weight excluding hydrogens is 492 g/mol. The zero-order valence-electron chi connectivity index (χ0n) is 22.1. The average Bonchev–Trinajstić information content (AvgIpc) is 3.69. The van der Waals surface area contributed by atoms with Crippen LogP contribution in [0, 0.1) is 12.3 Å². The van der Waals surface area contributed by atoms with E-state index >= 15 is 0 Å². The first-order chi connectivity index (χ1) is 18.6. The highest BCUT2D eigenvalue weighted by Gasteiger charge is 2.46. The summed E-state index contributed by atoms with van der Waals surface area (Å²) in [5.74, 6) is 1.11. The third-order valence-corrected chi connectivity index (χ3v) is 9.26. The molecule has 0 atom stereocenters. The van der Waals surface area contributed by atoms with Gasteiger partial charge in [-0.15, -0.1) is 11.3 Å². The fourth-order valence-corrected chi connectivity index (χ4v) is 6.85. The van der Waals surface area contributed by atoms with Crippen LogP contribution in [0.15, 0.2) is 65.4 Å². The number of aryl methyl sites for hydroxylation is 1. The number of amides is 1. The van der Waals surface area contributed by atoms with Gasteiger partial charge in [0.05, 0.1) is 6.54 Å². The summed E-state index contributed by atoms with van der Waals surface area (Å²) in [6.07, 6.45) is 10.9. The number of H-pyrrole nitrogens is 1. The zero-order valence-corrected chi connectivity index (χ0v) is 22.9. The smallest absolute Gasteiger partial charge is 0.253 e. The first-order valence-electron chi connectivity index (χ1n) is 13.6. The monoisotopic (exact) mass is 528 g/mol. The van der Waals surface area contributed by atoms with Crippen molar-refractivity contribution in [2.75, 3.05) is 32.7 Å². The van der Waals surface area contributed by atoms with Gasteiger partial charge in [-0.2, -0.15) is 0 Å². The van der Waals surface area contributed by atoms with Crippen LogP contribution in [-0.4, -0.2) is 69.0 Å². The minimum absolute atomic E-state index is 0.164. The quantitative estimate of drug-likeness (QED) is 0.430. The maximum absolute atomic E-state index is 13.2. The van der Waals surface area contributed by atoms with E-state index in [1.54, 1.807) is 6.20 Å². The predicted octanol–water partition coefficient (Wildman–Crippen LogP) is 4.88. The molecule has 38 heavy (non-hydrogen) atoms. The number of likely N-dealkylation sites (tertiary alicyclic amines) is 2. The molecule has 1 spiro atoms. The second-order valence-corrected chi connectivity index (χ2v) is 12.1. The fraction of sp³-hybridized carbons (Fsp3) is 0.433. The summed E-state index contributed by atoms with van der Waals surface area (Å²) < 4.78 is 0. The van der Waals surface area contributed by atoms with Gasteiger partial charge < -0.3 is 9.88 Å². The van der Waals surface area contributed by atoms with Crippen molar-refractivity contribution in [3.63, 3.8) is 0 Å². The molecular formula is C30H36N6OS. The van der Waals surface area contributed by atoms with Crippen LogP contribution in [-0.2, 0) is 19.6 Å². The minimum Gasteiger partial charge on any atom is -0.348 e. The minimum atomic E-state index is 0.164. The van der Waals surface area contributed by atoms with Crippen LogP contribution in [0.3, 0.4) is 0 Å². The molecule has 2 aromatic heterocycles. The number of carbonyl (C=O) groups excluding carboxylic acids is 1. The molecule has 8 heteroatoms. The second-order valence-electron chi connectivity index (χ2n) is 11.1. The Hall–Kier alpha value is -3.07. The molecule has 0 radical (unpaired) electrons. The Kier molecular flexibility index (Phi) is 7.28. The predicted molar refractivity (Wildman–Crippen MR) is 152 cm³/mol. The Morgan fingerprint density at radius 3 is 2.58 bits per heavy atom. The molecule has 3 aromatic rings. The van der Waals surface area contributed by atoms with E-state index in [2.05, 4.69) is 61.3 Å². The van der Waals surface area contributed by atoms with E-state index in [-0.39, 0.29) is 5.91 Å². The van der Waals surface area contributed by atoms with E-state index in [4.69, 9.17) is 0 Å². The fourth-order valence-electron chi connectivity index (χ4n) is 5.90. The first kappa shape index (κ1) is 25.2. The number of nitrogens with zero attached hydrogens (tertiary/aromatic N) is 5. The third-order valence-electron chi connectivity index (χ3n) is 8.25. The topological polar surface area (TPSA) is 67.8 Å². The molecule has 198 valence electrons. The van der Waals surface area contributed by atoms with Gasteiger partial charge in [0.1, 0.15) is 5.82 Å². The summed E-state index contributed by atoms with van der Waals surface area (Å²) in [4.78, 5) is 33.8. The van der Waals surface area contributed by atoms with Crippen LogP contribution in [0.2, 0.25) is 0 Å². The van der Waals surface area contributed by atoms with Gasteiger partial charge in [0, 0.05) is 79.3 Å². The van der Waals surface area contributed by atoms with Gasteiger partial charge in [0.15, 0.2) is 0 Å². The molecule has 7 nitrogen and oxygen atoms in total. The second kappa shape index (κ2) is 11.0. The van der Waals surface area contributed by atoms with Crippen LogP contribution in [0.25, 0.3) is 0 Å². The lowest BCUT2D eigenvalue weighted by Crippen LogP contribution is -2.61. The number of carbonyl (C=O) groups is 1. The molecule has 0 aliphatic carbocycles. The summed E-state index contributed by atoms with van der Waals surface area (Å²) in [5.41, 5.74) is 4.88. The Bertz CT molecular complexity index is 1290. The number of aromatic amines is 1. The highest BCUT2D eigenvalue weighted by molar-refractivity contribution is 7.10. The van der Waals surface area contributed by atoms with Gasteiger partial charge in [-0.25, -0.2) is 4.98 Å². The van der Waals surface area contributed by atoms with E-state index < -0.39 is 0 Å². The largest absolute Gasteiger partial charge is 0.348 e. The standard InChI is InChI=1S/C30H36N6OS/c1-23-8-16-38-27(23)19-34-14-9-30(10-15-34)21-36(22-30)29(37)25-6-4-24(5-7-25)17-35(18-26-3-2-11-31-26)20-28-32-12-13-33-28/h2,4-8,11-13,16H,3,9-10,14-15,17-22H2,1H3,(H,32,33). The highest BCUT2D eigenvalue weighted by Crippen LogP contribution is 2.41. The maximum atomic E-state index is 13.2. The highest BCUT2D eigenvalue weighted by atomic mass is 32.1.